The van der Waals surface area contributed by atoms with Gasteiger partial charge in [0, 0.05) is 12.8 Å². The van der Waals surface area contributed by atoms with Gasteiger partial charge in [-0.05, 0) is 44.0 Å². The number of pyridine rings is 1. The Bertz CT molecular complexity index is 1030. The Kier molecular flexibility index (Phi) is 4.38. The number of halogens is 1. The molecule has 1 saturated carbocycles. The quantitative estimate of drug-likeness (QED) is 0.762. The summed E-state index contributed by atoms with van der Waals surface area (Å²) in [4.78, 5) is 21.7. The number of aromatic nitrogens is 3. The normalized spacial score (nSPS) is 19.3. The highest BCUT2D eigenvalue weighted by atomic mass is 35.5. The summed E-state index contributed by atoms with van der Waals surface area (Å²) in [6.07, 6.45) is 2.12. The number of fused-ring (bicyclic) bond motifs is 1. The molecule has 2 aromatic heterocycles. The molecule has 1 aliphatic rings. The lowest BCUT2D eigenvalue weighted by Gasteiger charge is -2.36. The number of nitrogens with one attached hydrogen (secondary N) is 1. The molecule has 1 aromatic carbocycles. The summed E-state index contributed by atoms with van der Waals surface area (Å²) in [7, 11) is 1.70. The average molecular weight is 371 g/mol. The summed E-state index contributed by atoms with van der Waals surface area (Å²) in [6, 6.07) is 11.2. The van der Waals surface area contributed by atoms with Crippen LogP contribution in [-0.2, 0) is 4.74 Å². The zero-order valence-electron chi connectivity index (χ0n) is 14.6. The molecule has 2 atom stereocenters. The van der Waals surface area contributed by atoms with Gasteiger partial charge in [0.25, 0.3) is 0 Å². The number of nitrogens with zero attached hydrogens (tertiary/aromatic N) is 3. The first kappa shape index (κ1) is 17.0. The summed E-state index contributed by atoms with van der Waals surface area (Å²) in [5, 5.41) is 4.60. The fraction of sp³-hybridized carbons (Fsp3) is 0.316. The molecule has 0 aliphatic heterocycles. The van der Waals surface area contributed by atoms with Crippen LogP contribution >= 0.6 is 11.6 Å². The minimum atomic E-state index is -0.417. The molecule has 134 valence electrons. The monoisotopic (exact) mass is 370 g/mol. The molecule has 26 heavy (non-hydrogen) atoms. The predicted molar refractivity (Wildman–Crippen MR) is 102 cm³/mol. The van der Waals surface area contributed by atoms with Crippen molar-refractivity contribution in [1.82, 2.24) is 14.5 Å². The fourth-order valence-corrected chi connectivity index (χ4v) is 3.47. The fourth-order valence-electron chi connectivity index (χ4n) is 3.25. The molecule has 1 aliphatic carbocycles. The van der Waals surface area contributed by atoms with Gasteiger partial charge in [0.2, 0.25) is 0 Å². The van der Waals surface area contributed by atoms with E-state index in [1.807, 2.05) is 31.2 Å². The van der Waals surface area contributed by atoms with E-state index in [4.69, 9.17) is 16.3 Å². The highest BCUT2D eigenvalue weighted by Gasteiger charge is 2.31. The third-order valence-corrected chi connectivity index (χ3v) is 5.13. The Labute approximate surface area is 155 Å². The minimum Gasteiger partial charge on any atom is -0.379 e. The lowest BCUT2D eigenvalue weighted by molar-refractivity contribution is 0.0285. The van der Waals surface area contributed by atoms with Crippen LogP contribution in [0.1, 0.15) is 18.5 Å². The summed E-state index contributed by atoms with van der Waals surface area (Å²) >= 11 is 6.32. The average Bonchev–Trinajstić information content (AvgIpc) is 2.60. The van der Waals surface area contributed by atoms with Gasteiger partial charge in [-0.15, -0.1) is 0 Å². The highest BCUT2D eigenvalue weighted by molar-refractivity contribution is 6.32. The highest BCUT2D eigenvalue weighted by Crippen LogP contribution is 2.29. The standard InChI is InChI=1S/C19H19ClN4O2/c1-11-7-8-12-17(22-14-9-10-16(14)26-2)23-19(25)24(18(12)21-11)15-6-4-3-5-13(15)20/h3-8,14,16H,9-10H2,1-2H3,(H,22,23,25)/t14-,16-/m1/s1. The van der Waals surface area contributed by atoms with Crippen LogP contribution in [-0.4, -0.2) is 33.8 Å². The van der Waals surface area contributed by atoms with E-state index in [0.29, 0.717) is 22.2 Å². The van der Waals surface area contributed by atoms with Gasteiger partial charge in [0.15, 0.2) is 5.65 Å². The molecule has 0 bridgehead atoms. The number of methoxy groups -OCH3 is 1. The molecule has 1 fully saturated rings. The third kappa shape index (κ3) is 2.85. The van der Waals surface area contributed by atoms with Gasteiger partial charge < -0.3 is 10.1 Å². The van der Waals surface area contributed by atoms with Crippen molar-refractivity contribution in [3.63, 3.8) is 0 Å². The van der Waals surface area contributed by atoms with Crippen LogP contribution in [0.5, 0.6) is 0 Å². The van der Waals surface area contributed by atoms with E-state index in [1.54, 1.807) is 19.2 Å². The number of benzene rings is 1. The summed E-state index contributed by atoms with van der Waals surface area (Å²) in [6.45, 7) is 1.89. The number of hydrogen-bond donors (Lipinski definition) is 1. The second kappa shape index (κ2) is 6.70. The molecular formula is C19H19ClN4O2. The first-order valence-electron chi connectivity index (χ1n) is 8.53. The van der Waals surface area contributed by atoms with Crippen molar-refractivity contribution < 1.29 is 4.74 Å². The van der Waals surface area contributed by atoms with Gasteiger partial charge in [0.05, 0.1) is 28.2 Å². The maximum atomic E-state index is 12.8. The van der Waals surface area contributed by atoms with Crippen LogP contribution in [0.4, 0.5) is 5.82 Å². The Hall–Kier alpha value is -2.44. The Balaban J connectivity index is 1.91. The maximum Gasteiger partial charge on any atom is 0.355 e. The molecule has 1 N–H and O–H groups in total. The Morgan fingerprint density at radius 1 is 1.19 bits per heavy atom. The number of anilines is 1. The van der Waals surface area contributed by atoms with E-state index >= 15 is 0 Å². The van der Waals surface area contributed by atoms with Crippen LogP contribution in [0.2, 0.25) is 5.02 Å². The molecule has 7 heteroatoms. The van der Waals surface area contributed by atoms with E-state index in [-0.39, 0.29) is 12.1 Å². The Morgan fingerprint density at radius 2 is 2.00 bits per heavy atom. The first-order chi connectivity index (χ1) is 12.6. The smallest absolute Gasteiger partial charge is 0.355 e. The van der Waals surface area contributed by atoms with Gasteiger partial charge in [-0.1, -0.05) is 23.7 Å². The zero-order valence-corrected chi connectivity index (χ0v) is 15.3. The van der Waals surface area contributed by atoms with Crippen molar-refractivity contribution in [3.8, 4) is 5.69 Å². The minimum absolute atomic E-state index is 0.135. The van der Waals surface area contributed by atoms with E-state index < -0.39 is 5.69 Å². The Morgan fingerprint density at radius 3 is 2.69 bits per heavy atom. The second-order valence-electron chi connectivity index (χ2n) is 6.46. The topological polar surface area (TPSA) is 69.0 Å². The maximum absolute atomic E-state index is 12.8. The lowest BCUT2D eigenvalue weighted by Crippen LogP contribution is -2.44. The van der Waals surface area contributed by atoms with Crippen molar-refractivity contribution in [3.05, 3.63) is 57.6 Å². The molecule has 0 saturated heterocycles. The van der Waals surface area contributed by atoms with Crippen LogP contribution in [0.15, 0.2) is 41.2 Å². The zero-order chi connectivity index (χ0) is 18.3. The van der Waals surface area contributed by atoms with E-state index in [9.17, 15) is 4.79 Å². The van der Waals surface area contributed by atoms with E-state index in [0.717, 1.165) is 23.9 Å². The molecule has 4 rings (SSSR count). The van der Waals surface area contributed by atoms with Crippen molar-refractivity contribution >= 4 is 28.5 Å². The largest absolute Gasteiger partial charge is 0.379 e. The molecular weight excluding hydrogens is 352 g/mol. The molecule has 2 heterocycles. The molecule has 0 radical (unpaired) electrons. The van der Waals surface area contributed by atoms with Gasteiger partial charge in [-0.3, -0.25) is 0 Å². The van der Waals surface area contributed by atoms with Crippen LogP contribution < -0.4 is 11.0 Å². The number of hydrogen-bond acceptors (Lipinski definition) is 5. The van der Waals surface area contributed by atoms with E-state index in [2.05, 4.69) is 15.3 Å². The number of ether oxygens (including phenoxy) is 1. The lowest BCUT2D eigenvalue weighted by atomic mass is 9.89. The van der Waals surface area contributed by atoms with Crippen molar-refractivity contribution in [2.45, 2.75) is 31.9 Å². The summed E-state index contributed by atoms with van der Waals surface area (Å²) in [5.41, 5.74) is 1.50. The SMILES string of the molecule is CO[C@@H]1CC[C@H]1Nc1nc(=O)n(-c2ccccc2Cl)c2nc(C)ccc12. The molecule has 6 nitrogen and oxygen atoms in total. The van der Waals surface area contributed by atoms with Crippen LogP contribution in [0.3, 0.4) is 0 Å². The molecule has 0 unspecified atom stereocenters. The van der Waals surface area contributed by atoms with Gasteiger partial charge in [-0.25, -0.2) is 14.3 Å². The summed E-state index contributed by atoms with van der Waals surface area (Å²) < 4.78 is 6.90. The van der Waals surface area contributed by atoms with Crippen molar-refractivity contribution in [2.75, 3.05) is 12.4 Å². The molecule has 3 aromatic rings. The molecule has 0 spiro atoms. The number of para-hydroxylation sites is 1. The van der Waals surface area contributed by atoms with Gasteiger partial charge >= 0.3 is 5.69 Å². The van der Waals surface area contributed by atoms with E-state index in [1.165, 1.54) is 4.57 Å². The van der Waals surface area contributed by atoms with Crippen LogP contribution in [0.25, 0.3) is 16.7 Å². The van der Waals surface area contributed by atoms with Crippen molar-refractivity contribution in [1.29, 1.82) is 0 Å². The van der Waals surface area contributed by atoms with Crippen LogP contribution in [0, 0.1) is 6.92 Å². The number of rotatable bonds is 4. The van der Waals surface area contributed by atoms with Crippen molar-refractivity contribution in [2.24, 2.45) is 0 Å². The second-order valence-corrected chi connectivity index (χ2v) is 6.86. The van der Waals surface area contributed by atoms with Gasteiger partial charge in [0.1, 0.15) is 5.82 Å². The number of aryl methyl sites for hydroxylation is 1. The summed E-state index contributed by atoms with van der Waals surface area (Å²) in [5.74, 6) is 0.535. The molecule has 0 amide bonds. The van der Waals surface area contributed by atoms with Gasteiger partial charge in [-0.2, -0.15) is 4.98 Å². The first-order valence-corrected chi connectivity index (χ1v) is 8.91. The third-order valence-electron chi connectivity index (χ3n) is 4.81. The predicted octanol–water partition coefficient (Wildman–Crippen LogP) is 3.33.